The third-order valence-corrected chi connectivity index (χ3v) is 4.72. The molecule has 0 radical (unpaired) electrons. The van der Waals surface area contributed by atoms with Gasteiger partial charge < -0.3 is 10.5 Å². The number of ether oxygens (including phenoxy) is 1. The number of hydrogen-bond acceptors (Lipinski definition) is 4. The number of sulfonamides is 1. The summed E-state index contributed by atoms with van der Waals surface area (Å²) in [5.74, 6) is -0.808. The average Bonchev–Trinajstić information content (AvgIpc) is 2.32. The normalized spacial score (nSPS) is 12.3. The van der Waals surface area contributed by atoms with Crippen LogP contribution in [0.2, 0.25) is 0 Å². The molecule has 0 saturated carbocycles. The highest BCUT2D eigenvalue weighted by Crippen LogP contribution is 2.23. The van der Waals surface area contributed by atoms with E-state index >= 15 is 0 Å². The number of methoxy groups -OCH3 is 1. The highest BCUT2D eigenvalue weighted by Gasteiger charge is 2.29. The van der Waals surface area contributed by atoms with Gasteiger partial charge in [-0.2, -0.15) is 4.31 Å². The molecule has 1 aromatic carbocycles. The summed E-state index contributed by atoms with van der Waals surface area (Å²) in [7, 11) is -2.45. The molecule has 1 aromatic rings. The van der Waals surface area contributed by atoms with Crippen LogP contribution in [0, 0.1) is 5.82 Å². The van der Waals surface area contributed by atoms with Crippen LogP contribution < -0.4 is 5.73 Å². The quantitative estimate of drug-likeness (QED) is 0.805. The summed E-state index contributed by atoms with van der Waals surface area (Å²) < 4.78 is 44.6. The predicted molar refractivity (Wildman–Crippen MR) is 71.7 cm³/mol. The lowest BCUT2D eigenvalue weighted by atomic mass is 10.3. The zero-order valence-electron chi connectivity index (χ0n) is 11.3. The molecule has 0 spiro atoms. The van der Waals surface area contributed by atoms with Gasteiger partial charge in [0.1, 0.15) is 10.7 Å². The minimum absolute atomic E-state index is 0.157. The second-order valence-electron chi connectivity index (χ2n) is 4.39. The largest absolute Gasteiger partial charge is 0.399 e. The fraction of sp³-hybridized carbons (Fsp3) is 0.500. The van der Waals surface area contributed by atoms with E-state index in [9.17, 15) is 12.8 Å². The third-order valence-electron chi connectivity index (χ3n) is 2.63. The number of anilines is 1. The van der Waals surface area contributed by atoms with E-state index in [0.29, 0.717) is 0 Å². The molecule has 0 saturated heterocycles. The van der Waals surface area contributed by atoms with Gasteiger partial charge >= 0.3 is 0 Å². The second-order valence-corrected chi connectivity index (χ2v) is 6.25. The molecular formula is C12H19FN2O3S. The van der Waals surface area contributed by atoms with E-state index in [4.69, 9.17) is 10.5 Å². The zero-order valence-corrected chi connectivity index (χ0v) is 12.1. The summed E-state index contributed by atoms with van der Waals surface area (Å²) in [5.41, 5.74) is 5.73. The maximum absolute atomic E-state index is 13.7. The molecule has 0 aliphatic rings. The van der Waals surface area contributed by atoms with Crippen molar-refractivity contribution in [1.82, 2.24) is 4.31 Å². The van der Waals surface area contributed by atoms with E-state index < -0.39 is 20.7 Å². The van der Waals surface area contributed by atoms with Gasteiger partial charge in [0.15, 0.2) is 0 Å². The molecule has 0 amide bonds. The molecule has 108 valence electrons. The number of halogens is 1. The molecule has 1 rings (SSSR count). The molecule has 19 heavy (non-hydrogen) atoms. The molecule has 0 heterocycles. The Hall–Kier alpha value is -1.18. The number of benzene rings is 1. The van der Waals surface area contributed by atoms with E-state index in [-0.39, 0.29) is 24.9 Å². The molecule has 2 N–H and O–H groups in total. The SMILES string of the molecule is COCCN(C(C)C)S(=O)(=O)c1cc(N)ccc1F. The highest BCUT2D eigenvalue weighted by atomic mass is 32.2. The van der Waals surface area contributed by atoms with Gasteiger partial charge in [-0.25, -0.2) is 12.8 Å². The van der Waals surface area contributed by atoms with Crippen LogP contribution in [0.15, 0.2) is 23.1 Å². The summed E-state index contributed by atoms with van der Waals surface area (Å²) in [4.78, 5) is -0.405. The Morgan fingerprint density at radius 1 is 1.42 bits per heavy atom. The predicted octanol–water partition coefficient (Wildman–Crippen LogP) is 1.45. The fourth-order valence-electron chi connectivity index (χ4n) is 1.68. The van der Waals surface area contributed by atoms with Crippen molar-refractivity contribution in [2.75, 3.05) is 26.0 Å². The van der Waals surface area contributed by atoms with Crippen molar-refractivity contribution in [3.8, 4) is 0 Å². The van der Waals surface area contributed by atoms with Gasteiger partial charge in [0.2, 0.25) is 10.0 Å². The molecule has 0 atom stereocenters. The van der Waals surface area contributed by atoms with Gasteiger partial charge in [0, 0.05) is 25.4 Å². The van der Waals surface area contributed by atoms with Crippen LogP contribution in [0.4, 0.5) is 10.1 Å². The van der Waals surface area contributed by atoms with Crippen molar-refractivity contribution in [3.05, 3.63) is 24.0 Å². The first-order valence-corrected chi connectivity index (χ1v) is 7.30. The van der Waals surface area contributed by atoms with E-state index in [1.165, 1.54) is 17.5 Å². The van der Waals surface area contributed by atoms with E-state index in [2.05, 4.69) is 0 Å². The lowest BCUT2D eigenvalue weighted by Crippen LogP contribution is -2.39. The molecular weight excluding hydrogens is 271 g/mol. The van der Waals surface area contributed by atoms with E-state index in [1.807, 2.05) is 0 Å². The first kappa shape index (κ1) is 15.9. The summed E-state index contributed by atoms with van der Waals surface area (Å²) >= 11 is 0. The minimum atomic E-state index is -3.93. The maximum atomic E-state index is 13.7. The van der Waals surface area contributed by atoms with Crippen molar-refractivity contribution in [2.45, 2.75) is 24.8 Å². The van der Waals surface area contributed by atoms with Crippen LogP contribution in [-0.4, -0.2) is 39.0 Å². The molecule has 5 nitrogen and oxygen atoms in total. The van der Waals surface area contributed by atoms with Crippen LogP contribution in [0.5, 0.6) is 0 Å². The zero-order chi connectivity index (χ0) is 14.6. The van der Waals surface area contributed by atoms with Crippen molar-refractivity contribution in [2.24, 2.45) is 0 Å². The average molecular weight is 290 g/mol. The summed E-state index contributed by atoms with van der Waals surface area (Å²) in [5, 5.41) is 0. The Labute approximate surface area is 113 Å². The van der Waals surface area contributed by atoms with Gasteiger partial charge in [0.25, 0.3) is 0 Å². The molecule has 7 heteroatoms. The standard InChI is InChI=1S/C12H19FN2O3S/c1-9(2)15(6-7-18-3)19(16,17)12-8-10(14)4-5-11(12)13/h4-5,8-9H,6-7,14H2,1-3H3. The Morgan fingerprint density at radius 2 is 2.05 bits per heavy atom. The summed E-state index contributed by atoms with van der Waals surface area (Å²) in [6.07, 6.45) is 0. The van der Waals surface area contributed by atoms with Crippen molar-refractivity contribution in [1.29, 1.82) is 0 Å². The Bertz CT molecular complexity index is 532. The van der Waals surface area contributed by atoms with Gasteiger partial charge in [-0.05, 0) is 32.0 Å². The molecule has 0 bridgehead atoms. The number of rotatable bonds is 6. The number of nitrogens with zero attached hydrogens (tertiary/aromatic N) is 1. The van der Waals surface area contributed by atoms with Crippen molar-refractivity contribution in [3.63, 3.8) is 0 Å². The van der Waals surface area contributed by atoms with Gasteiger partial charge in [-0.1, -0.05) is 0 Å². The first-order valence-electron chi connectivity index (χ1n) is 5.86. The molecule has 0 aliphatic heterocycles. The van der Waals surface area contributed by atoms with Crippen molar-refractivity contribution >= 4 is 15.7 Å². The number of nitrogens with two attached hydrogens (primary N) is 1. The first-order chi connectivity index (χ1) is 8.80. The Morgan fingerprint density at radius 3 is 2.58 bits per heavy atom. The highest BCUT2D eigenvalue weighted by molar-refractivity contribution is 7.89. The number of nitrogen functional groups attached to an aromatic ring is 1. The van der Waals surface area contributed by atoms with Gasteiger partial charge in [-0.15, -0.1) is 0 Å². The van der Waals surface area contributed by atoms with E-state index in [1.54, 1.807) is 13.8 Å². The lowest BCUT2D eigenvalue weighted by molar-refractivity contribution is 0.170. The second kappa shape index (κ2) is 6.31. The number of hydrogen-bond donors (Lipinski definition) is 1. The van der Waals surface area contributed by atoms with E-state index in [0.717, 1.165) is 12.1 Å². The van der Waals surface area contributed by atoms with Crippen LogP contribution in [0.25, 0.3) is 0 Å². The third kappa shape index (κ3) is 3.65. The maximum Gasteiger partial charge on any atom is 0.246 e. The van der Waals surface area contributed by atoms with Crippen LogP contribution in [0.3, 0.4) is 0 Å². The van der Waals surface area contributed by atoms with Crippen LogP contribution in [0.1, 0.15) is 13.8 Å². The topological polar surface area (TPSA) is 72.6 Å². The Balaban J connectivity index is 3.22. The minimum Gasteiger partial charge on any atom is -0.399 e. The molecule has 0 fully saturated rings. The molecule has 0 aliphatic carbocycles. The lowest BCUT2D eigenvalue weighted by Gasteiger charge is -2.25. The van der Waals surface area contributed by atoms with Gasteiger partial charge in [0.05, 0.1) is 6.61 Å². The molecule has 0 aromatic heterocycles. The van der Waals surface area contributed by atoms with Crippen LogP contribution >= 0.6 is 0 Å². The monoisotopic (exact) mass is 290 g/mol. The van der Waals surface area contributed by atoms with Crippen molar-refractivity contribution < 1.29 is 17.5 Å². The van der Waals surface area contributed by atoms with Crippen LogP contribution in [-0.2, 0) is 14.8 Å². The summed E-state index contributed by atoms with van der Waals surface area (Å²) in [6.45, 7) is 3.83. The molecule has 0 unspecified atom stereocenters. The summed E-state index contributed by atoms with van der Waals surface area (Å²) in [6, 6.07) is 3.20. The smallest absolute Gasteiger partial charge is 0.246 e. The fourth-order valence-corrected chi connectivity index (χ4v) is 3.40. The Kier molecular flexibility index (Phi) is 5.28. The van der Waals surface area contributed by atoms with Gasteiger partial charge in [-0.3, -0.25) is 0 Å².